The van der Waals surface area contributed by atoms with Gasteiger partial charge in [-0.1, -0.05) is 12.1 Å². The highest BCUT2D eigenvalue weighted by Crippen LogP contribution is 2.60. The number of phenolic OH excluding ortho intramolecular Hbond substituents is 1. The zero-order valence-corrected chi connectivity index (χ0v) is 8.94. The highest BCUT2D eigenvalue weighted by atomic mass is 16.4. The Morgan fingerprint density at radius 3 is 2.94 bits per heavy atom. The van der Waals surface area contributed by atoms with Gasteiger partial charge in [0.1, 0.15) is 5.75 Å². The fourth-order valence-corrected chi connectivity index (χ4v) is 3.05. The predicted molar refractivity (Wildman–Crippen MR) is 58.3 cm³/mol. The lowest BCUT2D eigenvalue weighted by Crippen LogP contribution is -2.20. The first-order chi connectivity index (χ1) is 7.62. The van der Waals surface area contributed by atoms with Gasteiger partial charge in [-0.05, 0) is 48.3 Å². The largest absolute Gasteiger partial charge is 0.508 e. The molecule has 3 nitrogen and oxygen atoms in total. The third kappa shape index (κ3) is 1.24. The smallest absolute Gasteiger partial charge is 0.307 e. The van der Waals surface area contributed by atoms with E-state index in [1.54, 1.807) is 6.07 Å². The molecule has 1 spiro atoms. The summed E-state index contributed by atoms with van der Waals surface area (Å²) in [6.45, 7) is 0. The van der Waals surface area contributed by atoms with Crippen LogP contribution in [0.5, 0.6) is 5.75 Å². The standard InChI is InChI=1S/C13H14O3/c14-11-3-1-2-8-4-5-13(6-9(8)11)7-10(13)12(15)16/h1-3,10,14H,4-7H2,(H,15,16). The van der Waals surface area contributed by atoms with Crippen molar-refractivity contribution in [2.75, 3.05) is 0 Å². The van der Waals surface area contributed by atoms with Crippen molar-refractivity contribution in [3.05, 3.63) is 29.3 Å². The van der Waals surface area contributed by atoms with Gasteiger partial charge < -0.3 is 10.2 Å². The molecular weight excluding hydrogens is 204 g/mol. The minimum Gasteiger partial charge on any atom is -0.508 e. The number of carboxylic acid groups (broad SMARTS) is 1. The monoisotopic (exact) mass is 218 g/mol. The maximum atomic E-state index is 11.0. The maximum absolute atomic E-state index is 11.0. The van der Waals surface area contributed by atoms with Gasteiger partial charge in [-0.3, -0.25) is 4.79 Å². The first-order valence-corrected chi connectivity index (χ1v) is 5.65. The summed E-state index contributed by atoms with van der Waals surface area (Å²) in [4.78, 5) is 11.0. The molecule has 3 rings (SSSR count). The number of carbonyl (C=O) groups is 1. The van der Waals surface area contributed by atoms with Crippen molar-refractivity contribution < 1.29 is 15.0 Å². The van der Waals surface area contributed by atoms with Gasteiger partial charge in [-0.2, -0.15) is 0 Å². The van der Waals surface area contributed by atoms with Crippen LogP contribution in [0.4, 0.5) is 0 Å². The van der Waals surface area contributed by atoms with Gasteiger partial charge in [0, 0.05) is 0 Å². The van der Waals surface area contributed by atoms with Crippen LogP contribution in [0, 0.1) is 11.3 Å². The van der Waals surface area contributed by atoms with Gasteiger partial charge in [0.05, 0.1) is 5.92 Å². The van der Waals surface area contributed by atoms with Crippen molar-refractivity contribution in [3.8, 4) is 5.75 Å². The summed E-state index contributed by atoms with van der Waals surface area (Å²) in [5, 5.41) is 18.8. The summed E-state index contributed by atoms with van der Waals surface area (Å²) in [6, 6.07) is 5.57. The summed E-state index contributed by atoms with van der Waals surface area (Å²) in [5.41, 5.74) is 2.09. The van der Waals surface area contributed by atoms with Crippen molar-refractivity contribution >= 4 is 5.97 Å². The summed E-state index contributed by atoms with van der Waals surface area (Å²) < 4.78 is 0. The van der Waals surface area contributed by atoms with Crippen molar-refractivity contribution in [1.82, 2.24) is 0 Å². The second-order valence-corrected chi connectivity index (χ2v) is 5.05. The number of carboxylic acids is 1. The van der Waals surface area contributed by atoms with E-state index >= 15 is 0 Å². The van der Waals surface area contributed by atoms with E-state index in [0.717, 1.165) is 31.2 Å². The third-order valence-electron chi connectivity index (χ3n) is 4.16. The molecule has 3 heteroatoms. The molecular formula is C13H14O3. The number of phenols is 1. The molecule has 0 aromatic heterocycles. The molecule has 0 bridgehead atoms. The van der Waals surface area contributed by atoms with E-state index in [1.165, 1.54) is 5.56 Å². The highest BCUT2D eigenvalue weighted by molar-refractivity contribution is 5.75. The lowest BCUT2D eigenvalue weighted by Gasteiger charge is -2.25. The lowest BCUT2D eigenvalue weighted by atomic mass is 9.79. The van der Waals surface area contributed by atoms with Gasteiger partial charge in [0.15, 0.2) is 0 Å². The topological polar surface area (TPSA) is 57.5 Å². The zero-order valence-electron chi connectivity index (χ0n) is 8.94. The first-order valence-electron chi connectivity index (χ1n) is 5.65. The zero-order chi connectivity index (χ0) is 11.3. The predicted octanol–water partition coefficient (Wildman–Crippen LogP) is 1.97. The molecule has 0 heterocycles. The quantitative estimate of drug-likeness (QED) is 0.757. The Balaban J connectivity index is 1.93. The molecule has 0 saturated heterocycles. The Bertz CT molecular complexity index is 466. The van der Waals surface area contributed by atoms with Gasteiger partial charge in [0.25, 0.3) is 0 Å². The fourth-order valence-electron chi connectivity index (χ4n) is 3.05. The molecule has 2 atom stereocenters. The minimum absolute atomic E-state index is 0.0579. The Morgan fingerprint density at radius 2 is 2.25 bits per heavy atom. The molecule has 84 valence electrons. The Hall–Kier alpha value is -1.51. The van der Waals surface area contributed by atoms with Crippen molar-refractivity contribution in [1.29, 1.82) is 0 Å². The van der Waals surface area contributed by atoms with E-state index in [4.69, 9.17) is 5.11 Å². The normalized spacial score (nSPS) is 31.1. The van der Waals surface area contributed by atoms with Crippen molar-refractivity contribution in [3.63, 3.8) is 0 Å². The van der Waals surface area contributed by atoms with Crippen molar-refractivity contribution in [2.45, 2.75) is 25.7 Å². The van der Waals surface area contributed by atoms with Gasteiger partial charge in [-0.15, -0.1) is 0 Å². The number of fused-ring (bicyclic) bond motifs is 1. The van der Waals surface area contributed by atoms with Crippen LogP contribution < -0.4 is 0 Å². The Kier molecular flexibility index (Phi) is 1.82. The van der Waals surface area contributed by atoms with Crippen LogP contribution in [-0.4, -0.2) is 16.2 Å². The number of hydrogen-bond donors (Lipinski definition) is 2. The molecule has 16 heavy (non-hydrogen) atoms. The van der Waals surface area contributed by atoms with Crippen LogP contribution in [0.3, 0.4) is 0 Å². The van der Waals surface area contributed by atoms with Crippen LogP contribution in [-0.2, 0) is 17.6 Å². The second-order valence-electron chi connectivity index (χ2n) is 5.05. The van der Waals surface area contributed by atoms with Crippen molar-refractivity contribution in [2.24, 2.45) is 11.3 Å². The number of benzene rings is 1. The molecule has 1 fully saturated rings. The number of rotatable bonds is 1. The molecule has 0 radical (unpaired) electrons. The average molecular weight is 218 g/mol. The van der Waals surface area contributed by atoms with Crippen LogP contribution in [0.15, 0.2) is 18.2 Å². The first kappa shape index (κ1) is 9.70. The summed E-state index contributed by atoms with van der Waals surface area (Å²) >= 11 is 0. The molecule has 1 saturated carbocycles. The van der Waals surface area contributed by atoms with E-state index in [1.807, 2.05) is 12.1 Å². The number of aromatic hydroxyl groups is 1. The molecule has 2 unspecified atom stereocenters. The fraction of sp³-hybridized carbons (Fsp3) is 0.462. The number of aliphatic carboxylic acids is 1. The van der Waals surface area contributed by atoms with Gasteiger partial charge in [0.2, 0.25) is 0 Å². The average Bonchev–Trinajstić information content (AvgIpc) is 2.95. The van der Waals surface area contributed by atoms with Crippen LogP contribution >= 0.6 is 0 Å². The van der Waals surface area contributed by atoms with Crippen LogP contribution in [0.1, 0.15) is 24.0 Å². The highest BCUT2D eigenvalue weighted by Gasteiger charge is 2.59. The second kappa shape index (κ2) is 3.00. The summed E-state index contributed by atoms with van der Waals surface area (Å²) in [7, 11) is 0. The molecule has 2 N–H and O–H groups in total. The Morgan fingerprint density at radius 1 is 1.44 bits per heavy atom. The Labute approximate surface area is 93.7 Å². The van der Waals surface area contributed by atoms with E-state index in [2.05, 4.69) is 0 Å². The van der Waals surface area contributed by atoms with Crippen LogP contribution in [0.2, 0.25) is 0 Å². The van der Waals surface area contributed by atoms with E-state index < -0.39 is 5.97 Å². The maximum Gasteiger partial charge on any atom is 0.307 e. The van der Waals surface area contributed by atoms with Gasteiger partial charge in [-0.25, -0.2) is 0 Å². The van der Waals surface area contributed by atoms with E-state index in [0.29, 0.717) is 5.75 Å². The minimum atomic E-state index is -0.682. The molecule has 1 aromatic rings. The molecule has 0 aliphatic heterocycles. The lowest BCUT2D eigenvalue weighted by molar-refractivity contribution is -0.139. The van der Waals surface area contributed by atoms with Crippen LogP contribution in [0.25, 0.3) is 0 Å². The molecule has 0 amide bonds. The SMILES string of the molecule is O=C(O)C1CC12CCc1cccc(O)c1C2. The summed E-state index contributed by atoms with van der Waals surface area (Å²) in [5.74, 6) is -0.549. The number of aryl methyl sites for hydroxylation is 1. The molecule has 2 aliphatic rings. The molecule has 2 aliphatic carbocycles. The third-order valence-corrected chi connectivity index (χ3v) is 4.16. The van der Waals surface area contributed by atoms with E-state index in [-0.39, 0.29) is 11.3 Å². The molecule has 1 aromatic carbocycles. The number of hydrogen-bond acceptors (Lipinski definition) is 2. The van der Waals surface area contributed by atoms with E-state index in [9.17, 15) is 9.90 Å². The summed E-state index contributed by atoms with van der Waals surface area (Å²) in [6.07, 6.45) is 3.34. The van der Waals surface area contributed by atoms with Gasteiger partial charge >= 0.3 is 5.97 Å².